The fraction of sp³-hybridized carbons (Fsp3) is 0.182. The van der Waals surface area contributed by atoms with Gasteiger partial charge in [-0.2, -0.15) is 0 Å². The number of anilines is 1. The summed E-state index contributed by atoms with van der Waals surface area (Å²) in [6, 6.07) is 1.42. The fourth-order valence-electron chi connectivity index (χ4n) is 1.09. The maximum Gasteiger partial charge on any atom is 0.413 e. The first-order valence-corrected chi connectivity index (χ1v) is 4.79. The predicted molar refractivity (Wildman–Crippen MR) is 61.1 cm³/mol. The number of amides is 1. The molecule has 0 radical (unpaired) electrons. The van der Waals surface area contributed by atoms with Gasteiger partial charge in [0.25, 0.3) is 0 Å². The molecule has 6 nitrogen and oxygen atoms in total. The molecule has 17 heavy (non-hydrogen) atoms. The van der Waals surface area contributed by atoms with Crippen molar-refractivity contribution in [1.82, 2.24) is 4.98 Å². The van der Waals surface area contributed by atoms with Crippen LogP contribution in [0.5, 0.6) is 0 Å². The lowest BCUT2D eigenvalue weighted by atomic mass is 10.2. The molecule has 0 atom stereocenters. The average molecular weight is 236 g/mol. The molecule has 1 rings (SSSR count). The Labute approximate surface area is 97.9 Å². The van der Waals surface area contributed by atoms with Gasteiger partial charge < -0.3 is 9.84 Å². The van der Waals surface area contributed by atoms with Crippen molar-refractivity contribution < 1.29 is 19.4 Å². The number of carboxylic acids is 1. The van der Waals surface area contributed by atoms with E-state index < -0.39 is 12.1 Å². The highest BCUT2D eigenvalue weighted by Gasteiger charge is 2.09. The quantitative estimate of drug-likeness (QED) is 0.778. The summed E-state index contributed by atoms with van der Waals surface area (Å²) in [5.74, 6) is -0.801. The number of aromatic carboxylic acids is 1. The van der Waals surface area contributed by atoms with Crippen molar-refractivity contribution in [2.45, 2.75) is 6.92 Å². The third-order valence-corrected chi connectivity index (χ3v) is 1.88. The van der Waals surface area contributed by atoms with Gasteiger partial charge in [-0.3, -0.25) is 5.32 Å². The van der Waals surface area contributed by atoms with Crippen LogP contribution in [0, 0.1) is 6.92 Å². The molecule has 1 amide bonds. The summed E-state index contributed by atoms with van der Waals surface area (Å²) in [4.78, 5) is 25.7. The molecule has 1 aromatic rings. The van der Waals surface area contributed by atoms with Crippen LogP contribution >= 0.6 is 0 Å². The Morgan fingerprint density at radius 2 is 2.35 bits per heavy atom. The number of hydrogen-bond acceptors (Lipinski definition) is 4. The minimum atomic E-state index is -1.07. The number of carbonyl (C=O) groups excluding carboxylic acids is 1. The number of nitrogens with zero attached hydrogens (tertiary/aromatic N) is 1. The summed E-state index contributed by atoms with van der Waals surface area (Å²) in [5.41, 5.74) is 0.605. The highest BCUT2D eigenvalue weighted by atomic mass is 16.5. The van der Waals surface area contributed by atoms with E-state index in [1.165, 1.54) is 18.3 Å². The number of carboxylic acid groups (broad SMARTS) is 1. The Kier molecular flexibility index (Phi) is 4.21. The molecule has 0 spiro atoms. The van der Waals surface area contributed by atoms with Gasteiger partial charge in [-0.25, -0.2) is 14.6 Å². The second-order valence-electron chi connectivity index (χ2n) is 3.21. The Balaban J connectivity index is 2.75. The van der Waals surface area contributed by atoms with Crippen LogP contribution in [0.3, 0.4) is 0 Å². The number of aromatic nitrogens is 1. The maximum atomic E-state index is 11.2. The molecule has 0 aliphatic rings. The van der Waals surface area contributed by atoms with E-state index in [1.807, 2.05) is 0 Å². The second kappa shape index (κ2) is 5.64. The molecule has 1 heterocycles. The van der Waals surface area contributed by atoms with Crippen LogP contribution in [0.25, 0.3) is 0 Å². The van der Waals surface area contributed by atoms with Crippen LogP contribution in [-0.2, 0) is 4.74 Å². The molecular weight excluding hydrogens is 224 g/mol. The van der Waals surface area contributed by atoms with Crippen molar-refractivity contribution in [3.63, 3.8) is 0 Å². The average Bonchev–Trinajstić information content (AvgIpc) is 2.28. The van der Waals surface area contributed by atoms with E-state index in [0.29, 0.717) is 5.56 Å². The van der Waals surface area contributed by atoms with Crippen molar-refractivity contribution in [3.05, 3.63) is 36.0 Å². The maximum absolute atomic E-state index is 11.2. The van der Waals surface area contributed by atoms with Crippen LogP contribution in [0.15, 0.2) is 24.9 Å². The van der Waals surface area contributed by atoms with Gasteiger partial charge in [-0.1, -0.05) is 12.7 Å². The molecule has 0 aliphatic heterocycles. The smallest absolute Gasteiger partial charge is 0.413 e. The molecule has 0 saturated heterocycles. The number of carbonyl (C=O) groups is 2. The van der Waals surface area contributed by atoms with Crippen molar-refractivity contribution >= 4 is 17.9 Å². The van der Waals surface area contributed by atoms with Gasteiger partial charge in [0, 0.05) is 6.20 Å². The number of hydrogen-bond donors (Lipinski definition) is 2. The first-order valence-electron chi connectivity index (χ1n) is 4.79. The molecule has 90 valence electrons. The number of nitrogens with one attached hydrogen (secondary N) is 1. The van der Waals surface area contributed by atoms with E-state index in [0.717, 1.165) is 0 Å². The minimum Gasteiger partial charge on any atom is -0.478 e. The van der Waals surface area contributed by atoms with E-state index in [9.17, 15) is 9.59 Å². The molecular formula is C11H12N2O4. The van der Waals surface area contributed by atoms with E-state index in [4.69, 9.17) is 9.84 Å². The van der Waals surface area contributed by atoms with Gasteiger partial charge in [0.05, 0.1) is 5.56 Å². The molecule has 0 fully saturated rings. The SMILES string of the molecule is C=CCOC(=O)Nc1ncc(C(=O)O)cc1C. The van der Waals surface area contributed by atoms with Crippen molar-refractivity contribution in [3.8, 4) is 0 Å². The first kappa shape index (κ1) is 12.7. The van der Waals surface area contributed by atoms with Gasteiger partial charge in [0.2, 0.25) is 0 Å². The molecule has 0 bridgehead atoms. The standard InChI is InChI=1S/C11H12N2O4/c1-3-4-17-11(16)13-9-7(2)5-8(6-12-9)10(14)15/h3,5-6H,1,4H2,2H3,(H,14,15)(H,12,13,16). The lowest BCUT2D eigenvalue weighted by Gasteiger charge is -2.07. The van der Waals surface area contributed by atoms with Crippen LogP contribution in [0.2, 0.25) is 0 Å². The van der Waals surface area contributed by atoms with Gasteiger partial charge in [0.15, 0.2) is 0 Å². The predicted octanol–water partition coefficient (Wildman–Crippen LogP) is 1.82. The molecule has 0 unspecified atom stereocenters. The van der Waals surface area contributed by atoms with Gasteiger partial charge in [-0.05, 0) is 18.6 Å². The lowest BCUT2D eigenvalue weighted by molar-refractivity contribution is 0.0696. The number of aryl methyl sites for hydroxylation is 1. The summed E-state index contributed by atoms with van der Waals surface area (Å²) < 4.78 is 4.70. The van der Waals surface area contributed by atoms with Crippen LogP contribution in [-0.4, -0.2) is 28.8 Å². The second-order valence-corrected chi connectivity index (χ2v) is 3.21. The van der Waals surface area contributed by atoms with Crippen molar-refractivity contribution in [2.24, 2.45) is 0 Å². The Morgan fingerprint density at radius 3 is 2.88 bits per heavy atom. The van der Waals surface area contributed by atoms with Crippen LogP contribution < -0.4 is 5.32 Å². The van der Waals surface area contributed by atoms with Crippen molar-refractivity contribution in [1.29, 1.82) is 0 Å². The summed E-state index contributed by atoms with van der Waals surface area (Å²) >= 11 is 0. The topological polar surface area (TPSA) is 88.5 Å². The number of pyridine rings is 1. The van der Waals surface area contributed by atoms with E-state index in [-0.39, 0.29) is 18.0 Å². The largest absolute Gasteiger partial charge is 0.478 e. The first-order chi connectivity index (χ1) is 8.04. The van der Waals surface area contributed by atoms with E-state index >= 15 is 0 Å². The molecule has 0 aromatic carbocycles. The third kappa shape index (κ3) is 3.60. The Bertz CT molecular complexity index is 457. The van der Waals surface area contributed by atoms with Gasteiger partial charge in [0.1, 0.15) is 12.4 Å². The summed E-state index contributed by atoms with van der Waals surface area (Å²) in [5, 5.41) is 11.1. The zero-order valence-corrected chi connectivity index (χ0v) is 9.27. The third-order valence-electron chi connectivity index (χ3n) is 1.88. The number of rotatable bonds is 4. The highest BCUT2D eigenvalue weighted by molar-refractivity contribution is 5.89. The zero-order chi connectivity index (χ0) is 12.8. The highest BCUT2D eigenvalue weighted by Crippen LogP contribution is 2.13. The fourth-order valence-corrected chi connectivity index (χ4v) is 1.09. The molecule has 0 aliphatic carbocycles. The van der Waals surface area contributed by atoms with E-state index in [2.05, 4.69) is 16.9 Å². The summed E-state index contributed by atoms with van der Waals surface area (Å²) in [6.07, 6.45) is 1.94. The molecule has 2 N–H and O–H groups in total. The molecule has 1 aromatic heterocycles. The summed E-state index contributed by atoms with van der Waals surface area (Å²) in [6.45, 7) is 5.14. The minimum absolute atomic E-state index is 0.0625. The lowest BCUT2D eigenvalue weighted by Crippen LogP contribution is -2.15. The Morgan fingerprint density at radius 1 is 1.65 bits per heavy atom. The van der Waals surface area contributed by atoms with Gasteiger partial charge in [-0.15, -0.1) is 0 Å². The zero-order valence-electron chi connectivity index (χ0n) is 9.27. The van der Waals surface area contributed by atoms with Crippen LogP contribution in [0.1, 0.15) is 15.9 Å². The summed E-state index contributed by atoms with van der Waals surface area (Å²) in [7, 11) is 0. The normalized spacial score (nSPS) is 9.47. The molecule has 6 heteroatoms. The van der Waals surface area contributed by atoms with E-state index in [1.54, 1.807) is 6.92 Å². The monoisotopic (exact) mass is 236 g/mol. The Hall–Kier alpha value is -2.37. The van der Waals surface area contributed by atoms with Gasteiger partial charge >= 0.3 is 12.1 Å². The number of ether oxygens (including phenoxy) is 1. The van der Waals surface area contributed by atoms with Crippen molar-refractivity contribution in [2.75, 3.05) is 11.9 Å². The molecule has 0 saturated carbocycles. The van der Waals surface area contributed by atoms with Crippen LogP contribution in [0.4, 0.5) is 10.6 Å².